The molecule has 0 radical (unpaired) electrons. The fourth-order valence-electron chi connectivity index (χ4n) is 4.08. The minimum Gasteiger partial charge on any atom is -0.475 e. The molecule has 1 atom stereocenters. The molecule has 0 bridgehead atoms. The molecule has 0 aliphatic carbocycles. The van der Waals surface area contributed by atoms with Gasteiger partial charge in [0.1, 0.15) is 11.9 Å². The van der Waals surface area contributed by atoms with Gasteiger partial charge in [0, 0.05) is 25.8 Å². The maximum atomic E-state index is 13.3. The molecule has 200 valence electrons. The van der Waals surface area contributed by atoms with Crippen LogP contribution in [0.4, 0.5) is 28.0 Å². The maximum absolute atomic E-state index is 13.3. The summed E-state index contributed by atoms with van der Waals surface area (Å²) >= 11 is 0. The molecule has 2 aliphatic rings. The number of carbonyl (C=O) groups excluding carboxylic acids is 2. The summed E-state index contributed by atoms with van der Waals surface area (Å²) in [7, 11) is 0. The number of alkyl halides is 3. The van der Waals surface area contributed by atoms with Crippen LogP contribution < -0.4 is 10.6 Å². The van der Waals surface area contributed by atoms with Gasteiger partial charge in [-0.1, -0.05) is 12.1 Å². The molecule has 1 aromatic heterocycles. The molecule has 3 amide bonds. The van der Waals surface area contributed by atoms with Crippen molar-refractivity contribution >= 4 is 23.6 Å². The van der Waals surface area contributed by atoms with E-state index in [9.17, 15) is 27.2 Å². The van der Waals surface area contributed by atoms with Gasteiger partial charge in [0.2, 0.25) is 0 Å². The second kappa shape index (κ2) is 12.0. The predicted octanol–water partition coefficient (Wildman–Crippen LogP) is 3.72. The number of likely N-dealkylation sites (tertiary alicyclic amines) is 1. The van der Waals surface area contributed by atoms with Gasteiger partial charge < -0.3 is 25.4 Å². The fraction of sp³-hybridized carbons (Fsp3) is 0.417. The Morgan fingerprint density at radius 1 is 1.14 bits per heavy atom. The average molecular weight is 526 g/mol. The quantitative estimate of drug-likeness (QED) is 0.523. The van der Waals surface area contributed by atoms with E-state index < -0.39 is 18.2 Å². The summed E-state index contributed by atoms with van der Waals surface area (Å²) in [5.41, 5.74) is 1.02. The normalized spacial score (nSPS) is 18.5. The number of carbonyl (C=O) groups is 3. The van der Waals surface area contributed by atoms with Crippen molar-refractivity contribution in [1.82, 2.24) is 15.2 Å². The SMILES string of the molecule is O=C(Nc1cccnc1)C1CCC2(CCN(C(=O)NCc3cccc(F)c3)CC2)O1.O=C(O)C(F)(F)F. The number of halogens is 4. The third-order valence-electron chi connectivity index (χ3n) is 6.01. The molecule has 0 saturated carbocycles. The van der Waals surface area contributed by atoms with Gasteiger partial charge in [0.25, 0.3) is 5.91 Å². The molecule has 3 N–H and O–H groups in total. The van der Waals surface area contributed by atoms with Crippen molar-refractivity contribution in [1.29, 1.82) is 0 Å². The zero-order valence-corrected chi connectivity index (χ0v) is 19.6. The van der Waals surface area contributed by atoms with Crippen LogP contribution in [-0.4, -0.2) is 63.9 Å². The first kappa shape index (κ1) is 27.8. The van der Waals surface area contributed by atoms with Crippen molar-refractivity contribution in [3.05, 3.63) is 60.2 Å². The van der Waals surface area contributed by atoms with Crippen molar-refractivity contribution in [2.75, 3.05) is 18.4 Å². The molecule has 2 saturated heterocycles. The Morgan fingerprint density at radius 3 is 2.43 bits per heavy atom. The van der Waals surface area contributed by atoms with Gasteiger partial charge in [-0.3, -0.25) is 9.78 Å². The lowest BCUT2D eigenvalue weighted by molar-refractivity contribution is -0.192. The van der Waals surface area contributed by atoms with Gasteiger partial charge in [-0.25, -0.2) is 14.0 Å². The number of ether oxygens (including phenoxy) is 1. The van der Waals surface area contributed by atoms with Crippen LogP contribution in [0.3, 0.4) is 0 Å². The highest BCUT2D eigenvalue weighted by molar-refractivity contribution is 5.94. The van der Waals surface area contributed by atoms with E-state index in [0.717, 1.165) is 12.0 Å². The number of benzene rings is 1. The Kier molecular flexibility index (Phi) is 9.03. The van der Waals surface area contributed by atoms with E-state index in [1.807, 2.05) is 0 Å². The number of piperidine rings is 1. The highest BCUT2D eigenvalue weighted by Crippen LogP contribution is 2.39. The van der Waals surface area contributed by atoms with E-state index in [0.29, 0.717) is 38.0 Å². The first-order chi connectivity index (χ1) is 17.5. The largest absolute Gasteiger partial charge is 0.490 e. The number of amides is 3. The van der Waals surface area contributed by atoms with Crippen LogP contribution >= 0.6 is 0 Å². The molecule has 4 rings (SSSR count). The number of hydrogen-bond donors (Lipinski definition) is 3. The van der Waals surface area contributed by atoms with Gasteiger partial charge in [-0.15, -0.1) is 0 Å². The van der Waals surface area contributed by atoms with Gasteiger partial charge in [0.15, 0.2) is 0 Å². The number of urea groups is 1. The van der Waals surface area contributed by atoms with Crippen LogP contribution in [0.2, 0.25) is 0 Å². The Labute approximate surface area is 209 Å². The summed E-state index contributed by atoms with van der Waals surface area (Å²) in [5.74, 6) is -3.23. The van der Waals surface area contributed by atoms with Crippen LogP contribution in [0.15, 0.2) is 48.8 Å². The van der Waals surface area contributed by atoms with E-state index in [1.165, 1.54) is 12.1 Å². The van der Waals surface area contributed by atoms with Gasteiger partial charge in [0.05, 0.1) is 17.5 Å². The van der Waals surface area contributed by atoms with E-state index in [2.05, 4.69) is 15.6 Å². The highest BCUT2D eigenvalue weighted by Gasteiger charge is 2.45. The van der Waals surface area contributed by atoms with Crippen LogP contribution in [-0.2, 0) is 20.9 Å². The third-order valence-corrected chi connectivity index (χ3v) is 6.01. The molecular formula is C24H26F4N4O5. The smallest absolute Gasteiger partial charge is 0.475 e. The molecule has 13 heteroatoms. The number of carboxylic acids is 1. The molecular weight excluding hydrogens is 500 g/mol. The van der Waals surface area contributed by atoms with Crippen LogP contribution in [0, 0.1) is 5.82 Å². The minimum atomic E-state index is -5.08. The number of aliphatic carboxylic acids is 1. The van der Waals surface area contributed by atoms with Crippen molar-refractivity contribution in [3.63, 3.8) is 0 Å². The zero-order valence-electron chi connectivity index (χ0n) is 19.6. The minimum absolute atomic E-state index is 0.157. The van der Waals surface area contributed by atoms with E-state index in [1.54, 1.807) is 41.6 Å². The zero-order chi connectivity index (χ0) is 27.1. The Bertz CT molecular complexity index is 1090. The van der Waals surface area contributed by atoms with Crippen LogP contribution in [0.25, 0.3) is 0 Å². The molecule has 9 nitrogen and oxygen atoms in total. The molecule has 3 heterocycles. The highest BCUT2D eigenvalue weighted by atomic mass is 19.4. The number of hydrogen-bond acceptors (Lipinski definition) is 5. The average Bonchev–Trinajstić information content (AvgIpc) is 3.27. The lowest BCUT2D eigenvalue weighted by Gasteiger charge is -2.39. The Hall–Kier alpha value is -3.74. The fourth-order valence-corrected chi connectivity index (χ4v) is 4.08. The van der Waals surface area contributed by atoms with Crippen molar-refractivity contribution < 1.29 is 41.8 Å². The lowest BCUT2D eigenvalue weighted by Crippen LogP contribution is -2.50. The van der Waals surface area contributed by atoms with E-state index in [-0.39, 0.29) is 29.9 Å². The first-order valence-electron chi connectivity index (χ1n) is 11.4. The second-order valence-electron chi connectivity index (χ2n) is 8.64. The van der Waals surface area contributed by atoms with Crippen LogP contribution in [0.5, 0.6) is 0 Å². The number of nitrogens with zero attached hydrogens (tertiary/aromatic N) is 2. The number of anilines is 1. The summed E-state index contributed by atoms with van der Waals surface area (Å²) in [6.45, 7) is 1.41. The van der Waals surface area contributed by atoms with E-state index in [4.69, 9.17) is 14.6 Å². The second-order valence-corrected chi connectivity index (χ2v) is 8.64. The molecule has 2 fully saturated rings. The number of aromatic nitrogens is 1. The summed E-state index contributed by atoms with van der Waals surface area (Å²) in [6, 6.07) is 9.57. The van der Waals surface area contributed by atoms with Crippen molar-refractivity contribution in [2.24, 2.45) is 0 Å². The summed E-state index contributed by atoms with van der Waals surface area (Å²) < 4.78 is 51.2. The molecule has 1 aromatic carbocycles. The number of nitrogens with one attached hydrogen (secondary N) is 2. The molecule has 1 spiro atoms. The molecule has 1 unspecified atom stereocenters. The third kappa shape index (κ3) is 8.13. The summed E-state index contributed by atoms with van der Waals surface area (Å²) in [5, 5.41) is 12.8. The summed E-state index contributed by atoms with van der Waals surface area (Å²) in [4.78, 5) is 39.6. The summed E-state index contributed by atoms with van der Waals surface area (Å²) in [6.07, 6.45) is 0.532. The number of pyridine rings is 1. The first-order valence-corrected chi connectivity index (χ1v) is 11.4. The van der Waals surface area contributed by atoms with Gasteiger partial charge in [-0.2, -0.15) is 13.2 Å². The van der Waals surface area contributed by atoms with Crippen molar-refractivity contribution in [3.8, 4) is 0 Å². The topological polar surface area (TPSA) is 121 Å². The maximum Gasteiger partial charge on any atom is 0.490 e. The number of rotatable bonds is 4. The van der Waals surface area contributed by atoms with Crippen LogP contribution in [0.1, 0.15) is 31.2 Å². The number of carboxylic acid groups (broad SMARTS) is 1. The Balaban J connectivity index is 0.000000479. The van der Waals surface area contributed by atoms with Crippen molar-refractivity contribution in [2.45, 2.75) is 50.1 Å². The molecule has 2 aromatic rings. The monoisotopic (exact) mass is 526 g/mol. The molecule has 2 aliphatic heterocycles. The predicted molar refractivity (Wildman–Crippen MR) is 123 cm³/mol. The van der Waals surface area contributed by atoms with Gasteiger partial charge in [-0.05, 0) is 55.5 Å². The standard InChI is InChI=1S/C22H25FN4O3.C2HF3O2/c23-17-4-1-3-16(13-17)14-25-21(29)27-11-8-22(9-12-27)7-6-19(30-22)20(28)26-18-5-2-10-24-15-18;3-2(4,5)1(6)7/h1-5,10,13,15,19H,6-9,11-12,14H2,(H,25,29)(H,26,28);(H,6,7). The van der Waals surface area contributed by atoms with E-state index >= 15 is 0 Å². The lowest BCUT2D eigenvalue weighted by atomic mass is 9.88. The van der Waals surface area contributed by atoms with Gasteiger partial charge >= 0.3 is 18.2 Å². The molecule has 37 heavy (non-hydrogen) atoms. The Morgan fingerprint density at radius 2 is 1.84 bits per heavy atom.